The zero-order chi connectivity index (χ0) is 16.0. The molecule has 0 radical (unpaired) electrons. The quantitative estimate of drug-likeness (QED) is 0.896. The van der Waals surface area contributed by atoms with Gasteiger partial charge in [0.25, 0.3) is 0 Å². The molecule has 0 fully saturated rings. The maximum Gasteiger partial charge on any atom is 0.408 e. The van der Waals surface area contributed by atoms with Gasteiger partial charge in [-0.05, 0) is 38.4 Å². The standard InChI is InChI=1S/C14H18ClNO4/c1-14(2,3)20-13(19)16-11(12(17)18)8-9-4-6-10(15)7-5-9/h4-7,11H,8H2,1-3H3,(H,16,19)(H,17,18)/t11-/m0/s1/i1D. The lowest BCUT2D eigenvalue weighted by atomic mass is 10.1. The third kappa shape index (κ3) is 5.93. The summed E-state index contributed by atoms with van der Waals surface area (Å²) in [5, 5.41) is 12.0. The maximum absolute atomic E-state index is 11.7. The first-order valence-corrected chi connectivity index (χ1v) is 6.37. The van der Waals surface area contributed by atoms with Gasteiger partial charge >= 0.3 is 12.1 Å². The van der Waals surface area contributed by atoms with Crippen molar-refractivity contribution in [3.05, 3.63) is 34.9 Å². The topological polar surface area (TPSA) is 75.6 Å². The van der Waals surface area contributed by atoms with E-state index in [2.05, 4.69) is 5.32 Å². The number of nitrogens with one attached hydrogen (secondary N) is 1. The number of carboxylic acid groups (broad SMARTS) is 1. The molecule has 1 atom stereocenters. The van der Waals surface area contributed by atoms with Crippen molar-refractivity contribution in [3.8, 4) is 0 Å². The van der Waals surface area contributed by atoms with Crippen LogP contribution in [0.1, 0.15) is 27.7 Å². The van der Waals surface area contributed by atoms with E-state index in [9.17, 15) is 9.59 Å². The third-order valence-electron chi connectivity index (χ3n) is 2.31. The summed E-state index contributed by atoms with van der Waals surface area (Å²) in [6.07, 6.45) is -0.739. The maximum atomic E-state index is 11.7. The molecule has 5 nitrogen and oxygen atoms in total. The van der Waals surface area contributed by atoms with E-state index in [0.29, 0.717) is 5.02 Å². The average Bonchev–Trinajstić information content (AvgIpc) is 2.39. The molecule has 2 N–H and O–H groups in total. The second-order valence-electron chi connectivity index (χ2n) is 5.01. The predicted molar refractivity (Wildman–Crippen MR) is 75.9 cm³/mol. The molecule has 0 aromatic heterocycles. The van der Waals surface area contributed by atoms with Crippen LogP contribution in [-0.2, 0) is 16.0 Å². The molecule has 1 amide bonds. The highest BCUT2D eigenvalue weighted by Crippen LogP contribution is 2.12. The van der Waals surface area contributed by atoms with Crippen molar-refractivity contribution in [2.75, 3.05) is 0 Å². The molecule has 1 aromatic carbocycles. The van der Waals surface area contributed by atoms with E-state index in [0.717, 1.165) is 5.56 Å². The van der Waals surface area contributed by atoms with Crippen LogP contribution in [0.25, 0.3) is 0 Å². The predicted octanol–water partition coefficient (Wildman–Crippen LogP) is 2.86. The van der Waals surface area contributed by atoms with E-state index < -0.39 is 23.7 Å². The van der Waals surface area contributed by atoms with Crippen LogP contribution in [0.4, 0.5) is 4.79 Å². The normalized spacial score (nSPS) is 13.2. The van der Waals surface area contributed by atoms with Crippen LogP contribution in [-0.4, -0.2) is 28.8 Å². The van der Waals surface area contributed by atoms with Crippen molar-refractivity contribution in [1.82, 2.24) is 5.32 Å². The summed E-state index contributed by atoms with van der Waals surface area (Å²) in [5.41, 5.74) is -0.236. The van der Waals surface area contributed by atoms with Crippen molar-refractivity contribution in [2.45, 2.75) is 38.8 Å². The Morgan fingerprint density at radius 3 is 2.55 bits per heavy atom. The number of benzene rings is 1. The number of rotatable bonds is 4. The minimum Gasteiger partial charge on any atom is -0.480 e. The van der Waals surface area contributed by atoms with Crippen LogP contribution < -0.4 is 5.32 Å². The second kappa shape index (κ2) is 6.61. The van der Waals surface area contributed by atoms with Gasteiger partial charge in [-0.1, -0.05) is 23.7 Å². The van der Waals surface area contributed by atoms with Crippen LogP contribution in [0, 0.1) is 0 Å². The Kier molecular flexibility index (Phi) is 4.84. The molecule has 0 bridgehead atoms. The number of hydrogen-bond acceptors (Lipinski definition) is 3. The molecule has 6 heteroatoms. The molecular weight excluding hydrogens is 282 g/mol. The molecule has 20 heavy (non-hydrogen) atoms. The minimum atomic E-state index is -1.16. The number of amides is 1. The fourth-order valence-electron chi connectivity index (χ4n) is 1.48. The Balaban J connectivity index is 2.68. The first kappa shape index (κ1) is 14.7. The first-order valence-electron chi connectivity index (χ1n) is 6.70. The van der Waals surface area contributed by atoms with Crippen LogP contribution in [0.2, 0.25) is 5.02 Å². The van der Waals surface area contributed by atoms with Gasteiger partial charge in [-0.25, -0.2) is 9.59 Å². The Morgan fingerprint density at radius 2 is 2.05 bits per heavy atom. The molecule has 0 aliphatic rings. The smallest absolute Gasteiger partial charge is 0.408 e. The highest BCUT2D eigenvalue weighted by Gasteiger charge is 2.24. The summed E-state index contributed by atoms with van der Waals surface area (Å²) < 4.78 is 12.2. The van der Waals surface area contributed by atoms with Gasteiger partial charge in [0, 0.05) is 12.8 Å². The molecule has 0 spiro atoms. The number of carboxylic acids is 1. The molecule has 0 saturated heterocycles. The van der Waals surface area contributed by atoms with Gasteiger partial charge < -0.3 is 15.2 Å². The average molecular weight is 301 g/mol. The van der Waals surface area contributed by atoms with E-state index >= 15 is 0 Å². The van der Waals surface area contributed by atoms with Crippen molar-refractivity contribution in [1.29, 1.82) is 0 Å². The Hall–Kier alpha value is -1.75. The van der Waals surface area contributed by atoms with Gasteiger partial charge in [-0.15, -0.1) is 0 Å². The zero-order valence-corrected chi connectivity index (χ0v) is 12.1. The fraction of sp³-hybridized carbons (Fsp3) is 0.429. The molecule has 0 saturated carbocycles. The summed E-state index contributed by atoms with van der Waals surface area (Å²) in [4.78, 5) is 22.9. The first-order chi connectivity index (χ1) is 9.73. The van der Waals surface area contributed by atoms with Gasteiger partial charge in [0.2, 0.25) is 0 Å². The van der Waals surface area contributed by atoms with Gasteiger partial charge in [0.15, 0.2) is 0 Å². The lowest BCUT2D eigenvalue weighted by molar-refractivity contribution is -0.139. The van der Waals surface area contributed by atoms with Crippen molar-refractivity contribution in [2.24, 2.45) is 0 Å². The number of hydrogen-bond donors (Lipinski definition) is 2. The SMILES string of the molecule is [2H]CC(C)(C)OC(=O)N[C@@H](Cc1ccc(Cl)cc1)C(=O)O. The minimum absolute atomic E-state index is 0.114. The molecule has 1 rings (SSSR count). The van der Waals surface area contributed by atoms with Gasteiger partial charge in [0.05, 0.1) is 0 Å². The number of alkyl carbamates (subject to hydrolysis) is 1. The van der Waals surface area contributed by atoms with Crippen LogP contribution >= 0.6 is 11.6 Å². The number of carbonyl (C=O) groups is 2. The Labute approximate surface area is 124 Å². The summed E-state index contributed by atoms with van der Waals surface area (Å²) in [7, 11) is 0. The molecule has 0 unspecified atom stereocenters. The molecule has 1 aromatic rings. The monoisotopic (exact) mass is 300 g/mol. The van der Waals surface area contributed by atoms with Crippen molar-refractivity contribution in [3.63, 3.8) is 0 Å². The Morgan fingerprint density at radius 1 is 1.45 bits per heavy atom. The number of halogens is 1. The van der Waals surface area contributed by atoms with Crippen molar-refractivity contribution < 1.29 is 20.8 Å². The zero-order valence-electron chi connectivity index (χ0n) is 12.4. The van der Waals surface area contributed by atoms with Crippen LogP contribution in [0.15, 0.2) is 24.3 Å². The summed E-state index contributed by atoms with van der Waals surface area (Å²) in [5.74, 6) is -1.16. The van der Waals surface area contributed by atoms with Gasteiger partial charge in [0.1, 0.15) is 11.6 Å². The number of carbonyl (C=O) groups excluding carboxylic acids is 1. The summed E-state index contributed by atoms with van der Waals surface area (Å²) in [6.45, 7) is 3.04. The van der Waals surface area contributed by atoms with E-state index in [1.165, 1.54) is 0 Å². The highest BCUT2D eigenvalue weighted by molar-refractivity contribution is 6.30. The highest BCUT2D eigenvalue weighted by atomic mass is 35.5. The van der Waals surface area contributed by atoms with Crippen LogP contribution in [0.3, 0.4) is 0 Å². The Bertz CT molecular complexity index is 504. The van der Waals surface area contributed by atoms with Crippen molar-refractivity contribution >= 4 is 23.7 Å². The number of aliphatic carboxylic acids is 1. The lowest BCUT2D eigenvalue weighted by Gasteiger charge is -2.22. The fourth-order valence-corrected chi connectivity index (χ4v) is 1.60. The summed E-state index contributed by atoms with van der Waals surface area (Å²) >= 11 is 5.76. The van der Waals surface area contributed by atoms with Crippen LogP contribution in [0.5, 0.6) is 0 Å². The molecule has 0 aliphatic heterocycles. The third-order valence-corrected chi connectivity index (χ3v) is 2.56. The van der Waals surface area contributed by atoms with E-state index in [1.807, 2.05) is 0 Å². The lowest BCUT2D eigenvalue weighted by Crippen LogP contribution is -2.44. The molecule has 0 heterocycles. The molecule has 110 valence electrons. The molecule has 0 aliphatic carbocycles. The van der Waals surface area contributed by atoms with E-state index in [-0.39, 0.29) is 13.3 Å². The van der Waals surface area contributed by atoms with Gasteiger partial charge in [-0.2, -0.15) is 0 Å². The second-order valence-corrected chi connectivity index (χ2v) is 5.45. The molecular formula is C14H18ClNO4. The van der Waals surface area contributed by atoms with Gasteiger partial charge in [-0.3, -0.25) is 0 Å². The van der Waals surface area contributed by atoms with E-state index in [4.69, 9.17) is 22.8 Å². The summed E-state index contributed by atoms with van der Waals surface area (Å²) in [6, 6.07) is 5.58. The van der Waals surface area contributed by atoms with E-state index in [1.54, 1.807) is 38.1 Å². The largest absolute Gasteiger partial charge is 0.480 e. The number of ether oxygens (including phenoxy) is 1.